The predicted octanol–water partition coefficient (Wildman–Crippen LogP) is 3.72. The Morgan fingerprint density at radius 3 is 2.79 bits per heavy atom. The Labute approximate surface area is 170 Å². The first-order valence-electron chi connectivity index (χ1n) is 9.25. The van der Waals surface area contributed by atoms with Crippen LogP contribution in [0.15, 0.2) is 42.5 Å². The fourth-order valence-corrected chi connectivity index (χ4v) is 3.34. The van der Waals surface area contributed by atoms with Crippen LogP contribution in [0.3, 0.4) is 0 Å². The lowest BCUT2D eigenvalue weighted by molar-refractivity contribution is 0.0788. The molecule has 0 spiro atoms. The van der Waals surface area contributed by atoms with E-state index in [0.717, 1.165) is 17.0 Å². The summed E-state index contributed by atoms with van der Waals surface area (Å²) in [6, 6.07) is 12.6. The predicted molar refractivity (Wildman–Crippen MR) is 110 cm³/mol. The third-order valence-electron chi connectivity index (χ3n) is 4.64. The van der Waals surface area contributed by atoms with Crippen molar-refractivity contribution in [3.8, 4) is 5.75 Å². The van der Waals surface area contributed by atoms with Crippen LogP contribution in [0.5, 0.6) is 5.75 Å². The molecule has 1 fully saturated rings. The van der Waals surface area contributed by atoms with Gasteiger partial charge in [-0.3, -0.25) is 9.69 Å². The number of anilines is 1. The summed E-state index contributed by atoms with van der Waals surface area (Å²) >= 11 is 5.93. The number of nitrogens with one attached hydrogen (secondary N) is 1. The van der Waals surface area contributed by atoms with Crippen LogP contribution >= 0.6 is 11.6 Å². The summed E-state index contributed by atoms with van der Waals surface area (Å²) in [5.41, 5.74) is 2.35. The molecule has 0 unspecified atom stereocenters. The molecule has 148 valence electrons. The Morgan fingerprint density at radius 1 is 1.29 bits per heavy atom. The third kappa shape index (κ3) is 4.75. The summed E-state index contributed by atoms with van der Waals surface area (Å²) in [7, 11) is 1.78. The van der Waals surface area contributed by atoms with E-state index in [9.17, 15) is 9.59 Å². The maximum absolute atomic E-state index is 12.7. The monoisotopic (exact) mass is 401 g/mol. The van der Waals surface area contributed by atoms with Crippen molar-refractivity contribution in [3.63, 3.8) is 0 Å². The molecule has 0 atom stereocenters. The maximum Gasteiger partial charge on any atom is 0.322 e. The Balaban J connectivity index is 1.53. The molecule has 1 heterocycles. The standard InChI is InChI=1S/C21H24ClN3O3/c1-15-13-16(7-8-19(15)25-11-9-23-21(25)27)20(26)24(2)10-4-12-28-18-6-3-5-17(22)14-18/h3,5-8,13-14H,4,9-12H2,1-2H3,(H,23,27). The highest BCUT2D eigenvalue weighted by Crippen LogP contribution is 2.23. The van der Waals surface area contributed by atoms with Crippen molar-refractivity contribution in [2.45, 2.75) is 13.3 Å². The molecule has 1 N–H and O–H groups in total. The summed E-state index contributed by atoms with van der Waals surface area (Å²) in [5.74, 6) is 0.668. The van der Waals surface area contributed by atoms with E-state index >= 15 is 0 Å². The normalized spacial score (nSPS) is 13.4. The van der Waals surface area contributed by atoms with Crippen molar-refractivity contribution in [3.05, 3.63) is 58.6 Å². The van der Waals surface area contributed by atoms with Crippen molar-refractivity contribution in [1.29, 1.82) is 0 Å². The molecule has 2 aromatic carbocycles. The number of hydrogen-bond donors (Lipinski definition) is 1. The van der Waals surface area contributed by atoms with E-state index < -0.39 is 0 Å². The minimum Gasteiger partial charge on any atom is -0.493 e. The second-order valence-corrected chi connectivity index (χ2v) is 7.21. The number of halogens is 1. The Hall–Kier alpha value is -2.73. The molecule has 0 aliphatic carbocycles. The van der Waals surface area contributed by atoms with Crippen molar-refractivity contribution in [2.24, 2.45) is 0 Å². The summed E-state index contributed by atoms with van der Waals surface area (Å²) in [6.07, 6.45) is 0.708. The highest BCUT2D eigenvalue weighted by molar-refractivity contribution is 6.30. The first-order chi connectivity index (χ1) is 13.5. The van der Waals surface area contributed by atoms with Crippen LogP contribution in [-0.4, -0.2) is 50.1 Å². The number of ether oxygens (including phenoxy) is 1. The minimum atomic E-state index is -0.0981. The zero-order valence-corrected chi connectivity index (χ0v) is 16.8. The Morgan fingerprint density at radius 2 is 2.11 bits per heavy atom. The SMILES string of the molecule is Cc1cc(C(=O)N(C)CCCOc2cccc(Cl)c2)ccc1N1CCNC1=O. The van der Waals surface area contributed by atoms with Gasteiger partial charge in [0.2, 0.25) is 0 Å². The van der Waals surface area contributed by atoms with Gasteiger partial charge in [-0.1, -0.05) is 17.7 Å². The molecule has 0 bridgehead atoms. The van der Waals surface area contributed by atoms with Gasteiger partial charge in [0.15, 0.2) is 0 Å². The van der Waals surface area contributed by atoms with Gasteiger partial charge in [0, 0.05) is 43.0 Å². The molecule has 1 aliphatic heterocycles. The molecule has 0 radical (unpaired) electrons. The largest absolute Gasteiger partial charge is 0.493 e. The number of carbonyl (C=O) groups is 2. The van der Waals surface area contributed by atoms with Gasteiger partial charge >= 0.3 is 6.03 Å². The zero-order chi connectivity index (χ0) is 20.1. The molecule has 2 aromatic rings. The molecule has 7 heteroatoms. The molecule has 3 rings (SSSR count). The van der Waals surface area contributed by atoms with Gasteiger partial charge in [-0.05, 0) is 55.3 Å². The number of rotatable bonds is 7. The fourth-order valence-electron chi connectivity index (χ4n) is 3.16. The summed E-state index contributed by atoms with van der Waals surface area (Å²) < 4.78 is 5.66. The Bertz CT molecular complexity index is 872. The summed E-state index contributed by atoms with van der Waals surface area (Å²) in [6.45, 7) is 4.27. The van der Waals surface area contributed by atoms with Gasteiger partial charge in [0.25, 0.3) is 5.91 Å². The quantitative estimate of drug-likeness (QED) is 0.719. The first-order valence-corrected chi connectivity index (χ1v) is 9.63. The van der Waals surface area contributed by atoms with Gasteiger partial charge in [-0.2, -0.15) is 0 Å². The van der Waals surface area contributed by atoms with Crippen molar-refractivity contribution < 1.29 is 14.3 Å². The first kappa shape index (κ1) is 20.0. The molecule has 3 amide bonds. The van der Waals surface area contributed by atoms with Crippen LogP contribution in [0.4, 0.5) is 10.5 Å². The van der Waals surface area contributed by atoms with Crippen LogP contribution < -0.4 is 15.0 Å². The van der Waals surface area contributed by atoms with Gasteiger partial charge in [0.1, 0.15) is 5.75 Å². The third-order valence-corrected chi connectivity index (χ3v) is 4.88. The number of hydrogen-bond acceptors (Lipinski definition) is 3. The second kappa shape index (κ2) is 8.97. The second-order valence-electron chi connectivity index (χ2n) is 6.77. The molecule has 6 nitrogen and oxygen atoms in total. The van der Waals surface area contributed by atoms with E-state index in [1.54, 1.807) is 35.0 Å². The Kier molecular flexibility index (Phi) is 6.41. The van der Waals surface area contributed by atoms with E-state index in [1.807, 2.05) is 31.2 Å². The van der Waals surface area contributed by atoms with Crippen LogP contribution in [0, 0.1) is 6.92 Å². The van der Waals surface area contributed by atoms with Gasteiger partial charge < -0.3 is 15.0 Å². The highest BCUT2D eigenvalue weighted by atomic mass is 35.5. The van der Waals surface area contributed by atoms with Crippen LogP contribution in [-0.2, 0) is 0 Å². The lowest BCUT2D eigenvalue weighted by atomic mass is 10.1. The van der Waals surface area contributed by atoms with E-state index in [2.05, 4.69) is 5.32 Å². The lowest BCUT2D eigenvalue weighted by Gasteiger charge is -2.20. The van der Waals surface area contributed by atoms with Crippen molar-refractivity contribution in [2.75, 3.05) is 38.2 Å². The van der Waals surface area contributed by atoms with Gasteiger partial charge in [-0.25, -0.2) is 4.79 Å². The molecular formula is C21H24ClN3O3. The van der Waals surface area contributed by atoms with Crippen LogP contribution in [0.1, 0.15) is 22.3 Å². The summed E-state index contributed by atoms with van der Waals surface area (Å²) in [5, 5.41) is 3.42. The minimum absolute atomic E-state index is 0.0525. The molecule has 0 saturated carbocycles. The number of amides is 3. The number of carbonyl (C=O) groups excluding carboxylic acids is 2. The number of benzene rings is 2. The zero-order valence-electron chi connectivity index (χ0n) is 16.1. The van der Waals surface area contributed by atoms with E-state index in [0.29, 0.717) is 43.2 Å². The van der Waals surface area contributed by atoms with Crippen LogP contribution in [0.2, 0.25) is 5.02 Å². The molecule has 1 saturated heterocycles. The molecule has 1 aliphatic rings. The number of urea groups is 1. The number of nitrogens with zero attached hydrogens (tertiary/aromatic N) is 2. The fraction of sp³-hybridized carbons (Fsp3) is 0.333. The van der Waals surface area contributed by atoms with Crippen LogP contribution in [0.25, 0.3) is 0 Å². The molecule has 28 heavy (non-hydrogen) atoms. The average molecular weight is 402 g/mol. The van der Waals surface area contributed by atoms with Crippen molar-refractivity contribution in [1.82, 2.24) is 10.2 Å². The number of aryl methyl sites for hydroxylation is 1. The van der Waals surface area contributed by atoms with Crippen molar-refractivity contribution >= 4 is 29.2 Å². The maximum atomic E-state index is 12.7. The van der Waals surface area contributed by atoms with Gasteiger partial charge in [-0.15, -0.1) is 0 Å². The average Bonchev–Trinajstić information content (AvgIpc) is 3.10. The van der Waals surface area contributed by atoms with E-state index in [4.69, 9.17) is 16.3 Å². The highest BCUT2D eigenvalue weighted by Gasteiger charge is 2.23. The smallest absolute Gasteiger partial charge is 0.322 e. The van der Waals surface area contributed by atoms with Gasteiger partial charge in [0.05, 0.1) is 6.61 Å². The summed E-state index contributed by atoms with van der Waals surface area (Å²) in [4.78, 5) is 27.9. The van der Waals surface area contributed by atoms with E-state index in [1.165, 1.54) is 0 Å². The molecule has 0 aromatic heterocycles. The topological polar surface area (TPSA) is 61.9 Å². The molecular weight excluding hydrogens is 378 g/mol. The van der Waals surface area contributed by atoms with E-state index in [-0.39, 0.29) is 11.9 Å². The lowest BCUT2D eigenvalue weighted by Crippen LogP contribution is -2.30.